The lowest BCUT2D eigenvalue weighted by Crippen LogP contribution is -2.36. The van der Waals surface area contributed by atoms with Crippen LogP contribution in [0.5, 0.6) is 0 Å². The van der Waals surface area contributed by atoms with Crippen molar-refractivity contribution in [2.75, 3.05) is 24.7 Å². The lowest BCUT2D eigenvalue weighted by atomic mass is 9.95. The van der Waals surface area contributed by atoms with E-state index in [0.717, 1.165) is 0 Å². The van der Waals surface area contributed by atoms with Crippen LogP contribution in [0.2, 0.25) is 5.02 Å². The Balaban J connectivity index is 2.72. The van der Waals surface area contributed by atoms with E-state index in [2.05, 4.69) is 0 Å². The average Bonchev–Trinajstić information content (AvgIpc) is 2.68. The first-order valence-electron chi connectivity index (χ1n) is 9.35. The molecule has 0 bridgehead atoms. The number of carbonyl (C=O) groups is 3. The molecule has 8 heteroatoms. The minimum absolute atomic E-state index is 0.0122. The van der Waals surface area contributed by atoms with Crippen LogP contribution < -0.4 is 4.90 Å². The van der Waals surface area contributed by atoms with Gasteiger partial charge in [-0.2, -0.15) is 0 Å². The molecular formula is C21H24ClNO6. The van der Waals surface area contributed by atoms with Crippen LogP contribution in [0.4, 0.5) is 5.69 Å². The monoisotopic (exact) mass is 421 g/mol. The molecule has 0 saturated carbocycles. The molecule has 7 nitrogen and oxygen atoms in total. The van der Waals surface area contributed by atoms with Crippen LogP contribution in [0.15, 0.2) is 46.8 Å². The highest BCUT2D eigenvalue weighted by Gasteiger charge is 2.37. The van der Waals surface area contributed by atoms with Crippen molar-refractivity contribution >= 4 is 35.2 Å². The Morgan fingerprint density at radius 1 is 0.862 bits per heavy atom. The van der Waals surface area contributed by atoms with E-state index in [1.807, 2.05) is 0 Å². The number of halogens is 1. The first-order chi connectivity index (χ1) is 13.8. The lowest BCUT2D eigenvalue weighted by molar-refractivity contribution is -0.142. The second kappa shape index (κ2) is 10.1. The molecule has 0 spiro atoms. The van der Waals surface area contributed by atoms with Crippen LogP contribution in [-0.4, -0.2) is 37.7 Å². The summed E-state index contributed by atoms with van der Waals surface area (Å²) < 4.78 is 15.5. The Bertz CT molecular complexity index is 856. The Hall–Kier alpha value is -2.80. The molecule has 1 aromatic carbocycles. The zero-order valence-corrected chi connectivity index (χ0v) is 17.7. The van der Waals surface area contributed by atoms with E-state index >= 15 is 0 Å². The molecule has 0 aliphatic carbocycles. The van der Waals surface area contributed by atoms with Crippen LogP contribution >= 0.6 is 11.6 Å². The SMILES string of the molecule is CCOC(=O)C1=C(C)N(c2ccc(Cl)cc2)C(C(=O)OCC)=C(C(=O)OCC)C1. The van der Waals surface area contributed by atoms with Gasteiger partial charge in [-0.3, -0.25) is 0 Å². The van der Waals surface area contributed by atoms with Gasteiger partial charge in [0.05, 0.1) is 31.0 Å². The number of rotatable bonds is 7. The van der Waals surface area contributed by atoms with Crippen LogP contribution in [0.3, 0.4) is 0 Å². The summed E-state index contributed by atoms with van der Waals surface area (Å²) in [6, 6.07) is 6.66. The minimum atomic E-state index is -0.691. The van der Waals surface area contributed by atoms with Gasteiger partial charge >= 0.3 is 17.9 Å². The largest absolute Gasteiger partial charge is 0.463 e. The summed E-state index contributed by atoms with van der Waals surface area (Å²) >= 11 is 5.99. The Morgan fingerprint density at radius 2 is 1.34 bits per heavy atom. The van der Waals surface area contributed by atoms with Crippen LogP contribution in [0.1, 0.15) is 34.1 Å². The van der Waals surface area contributed by atoms with Gasteiger partial charge in [0.2, 0.25) is 0 Å². The van der Waals surface area contributed by atoms with Crippen molar-refractivity contribution in [2.45, 2.75) is 34.1 Å². The van der Waals surface area contributed by atoms with Crippen LogP contribution in [0, 0.1) is 0 Å². The first-order valence-corrected chi connectivity index (χ1v) is 9.73. The summed E-state index contributed by atoms with van der Waals surface area (Å²) in [6.07, 6.45) is -0.0955. The third-order valence-electron chi connectivity index (χ3n) is 4.23. The fourth-order valence-corrected chi connectivity index (χ4v) is 3.10. The molecule has 29 heavy (non-hydrogen) atoms. The molecule has 0 saturated heterocycles. The van der Waals surface area contributed by atoms with Gasteiger partial charge in [0.15, 0.2) is 0 Å². The van der Waals surface area contributed by atoms with Crippen molar-refractivity contribution in [3.8, 4) is 0 Å². The number of carbonyl (C=O) groups excluding carboxylic acids is 3. The van der Waals surface area contributed by atoms with Crippen molar-refractivity contribution in [3.05, 3.63) is 51.8 Å². The van der Waals surface area contributed by atoms with E-state index in [4.69, 9.17) is 25.8 Å². The summed E-state index contributed by atoms with van der Waals surface area (Å²) in [5.41, 5.74) is 1.31. The molecule has 1 aliphatic heterocycles. The van der Waals surface area contributed by atoms with Gasteiger partial charge in [0, 0.05) is 22.8 Å². The van der Waals surface area contributed by atoms with Gasteiger partial charge in [0.25, 0.3) is 0 Å². The molecule has 156 valence electrons. The maximum atomic E-state index is 12.8. The van der Waals surface area contributed by atoms with E-state index in [1.165, 1.54) is 4.90 Å². The molecule has 0 N–H and O–H groups in total. The van der Waals surface area contributed by atoms with Crippen molar-refractivity contribution in [3.63, 3.8) is 0 Å². The maximum absolute atomic E-state index is 12.8. The van der Waals surface area contributed by atoms with E-state index in [1.54, 1.807) is 52.0 Å². The third-order valence-corrected chi connectivity index (χ3v) is 4.48. The minimum Gasteiger partial charge on any atom is -0.463 e. The second-order valence-electron chi connectivity index (χ2n) is 6.04. The highest BCUT2D eigenvalue weighted by atomic mass is 35.5. The topological polar surface area (TPSA) is 82.1 Å². The summed E-state index contributed by atoms with van der Waals surface area (Å²) in [5, 5.41) is 0.505. The number of nitrogens with zero attached hydrogens (tertiary/aromatic N) is 1. The number of esters is 3. The predicted molar refractivity (Wildman–Crippen MR) is 108 cm³/mol. The summed E-state index contributed by atoms with van der Waals surface area (Å²) in [4.78, 5) is 39.6. The molecule has 2 rings (SSSR count). The molecular weight excluding hydrogens is 398 g/mol. The quantitative estimate of drug-likeness (QED) is 0.489. The second-order valence-corrected chi connectivity index (χ2v) is 6.48. The number of hydrogen-bond acceptors (Lipinski definition) is 7. The van der Waals surface area contributed by atoms with E-state index in [0.29, 0.717) is 16.4 Å². The molecule has 0 unspecified atom stereocenters. The van der Waals surface area contributed by atoms with Gasteiger partial charge in [-0.15, -0.1) is 0 Å². The van der Waals surface area contributed by atoms with Crippen molar-refractivity contribution in [2.24, 2.45) is 0 Å². The smallest absolute Gasteiger partial charge is 0.355 e. The Morgan fingerprint density at radius 3 is 1.86 bits per heavy atom. The number of ether oxygens (including phenoxy) is 3. The molecule has 0 amide bonds. The van der Waals surface area contributed by atoms with Crippen molar-refractivity contribution in [1.29, 1.82) is 0 Å². The van der Waals surface area contributed by atoms with Crippen molar-refractivity contribution < 1.29 is 28.6 Å². The average molecular weight is 422 g/mol. The van der Waals surface area contributed by atoms with Crippen LogP contribution in [0.25, 0.3) is 0 Å². The normalized spacial score (nSPS) is 14.0. The first kappa shape index (κ1) is 22.5. The van der Waals surface area contributed by atoms with Gasteiger partial charge in [-0.1, -0.05) is 11.6 Å². The standard InChI is InChI=1S/C21H24ClNO6/c1-5-27-19(24)16-12-17(20(25)28-6-2)18(21(26)29-7-3)23(13(16)4)15-10-8-14(22)9-11-15/h8-11H,5-7,12H2,1-4H3. The number of hydrogen-bond donors (Lipinski definition) is 0. The molecule has 0 aromatic heterocycles. The van der Waals surface area contributed by atoms with Gasteiger partial charge in [-0.25, -0.2) is 14.4 Å². The fourth-order valence-electron chi connectivity index (χ4n) is 2.98. The number of anilines is 1. The van der Waals surface area contributed by atoms with Gasteiger partial charge in [0.1, 0.15) is 5.70 Å². The molecule has 1 heterocycles. The summed E-state index contributed by atoms with van der Waals surface area (Å²) in [6.45, 7) is 7.14. The third kappa shape index (κ3) is 4.98. The van der Waals surface area contributed by atoms with Crippen molar-refractivity contribution in [1.82, 2.24) is 0 Å². The summed E-state index contributed by atoms with van der Waals surface area (Å²) in [5.74, 6) is -1.94. The fraction of sp³-hybridized carbons (Fsp3) is 0.381. The van der Waals surface area contributed by atoms with Crippen LogP contribution in [-0.2, 0) is 28.6 Å². The molecule has 1 aromatic rings. The van der Waals surface area contributed by atoms with Gasteiger partial charge in [-0.05, 0) is 52.0 Å². The van der Waals surface area contributed by atoms with E-state index in [9.17, 15) is 14.4 Å². The highest BCUT2D eigenvalue weighted by molar-refractivity contribution is 6.30. The summed E-state index contributed by atoms with van der Waals surface area (Å²) in [7, 11) is 0. The maximum Gasteiger partial charge on any atom is 0.355 e. The molecule has 0 fully saturated rings. The van der Waals surface area contributed by atoms with Gasteiger partial charge < -0.3 is 19.1 Å². The molecule has 1 aliphatic rings. The number of benzene rings is 1. The number of allylic oxidation sites excluding steroid dienone is 1. The Kier molecular flexibility index (Phi) is 7.84. The highest BCUT2D eigenvalue weighted by Crippen LogP contribution is 2.37. The predicted octanol–water partition coefficient (Wildman–Crippen LogP) is 3.77. The molecule has 0 atom stereocenters. The lowest BCUT2D eigenvalue weighted by Gasteiger charge is -2.33. The van der Waals surface area contributed by atoms with E-state index in [-0.39, 0.29) is 43.1 Å². The molecule has 0 radical (unpaired) electrons. The Labute approximate surface area is 174 Å². The van der Waals surface area contributed by atoms with E-state index < -0.39 is 17.9 Å². The zero-order valence-electron chi connectivity index (χ0n) is 16.9. The zero-order chi connectivity index (χ0) is 21.6.